The Morgan fingerprint density at radius 2 is 1.80 bits per heavy atom. The average molecular weight is 415 g/mol. The van der Waals surface area contributed by atoms with Crippen LogP contribution in [0.15, 0.2) is 24.3 Å². The molecule has 0 radical (unpaired) electrons. The van der Waals surface area contributed by atoms with Crippen molar-refractivity contribution in [2.24, 2.45) is 0 Å². The zero-order valence-electron chi connectivity index (χ0n) is 17.7. The number of aryl methyl sites for hydroxylation is 1. The fraction of sp³-hybridized carbons (Fsp3) is 0.318. The molecule has 30 heavy (non-hydrogen) atoms. The average Bonchev–Trinajstić information content (AvgIpc) is 3.04. The molecule has 0 aliphatic rings. The predicted octanol–water partition coefficient (Wildman–Crippen LogP) is 3.26. The minimum atomic E-state index is -0.695. The third-order valence-corrected chi connectivity index (χ3v) is 4.38. The predicted molar refractivity (Wildman–Crippen MR) is 110 cm³/mol. The lowest BCUT2D eigenvalue weighted by Gasteiger charge is -2.07. The molecule has 2 rings (SSSR count). The summed E-state index contributed by atoms with van der Waals surface area (Å²) < 4.78 is 20.4. The molecular weight excluding hydrogens is 390 g/mol. The molecular formula is C22H25NO7. The Labute approximate surface area is 174 Å². The van der Waals surface area contributed by atoms with Gasteiger partial charge in [-0.15, -0.1) is 0 Å². The lowest BCUT2D eigenvalue weighted by molar-refractivity contribution is -0.136. The number of rotatable bonds is 9. The Hall–Kier alpha value is -3.55. The largest absolute Gasteiger partial charge is 0.497 e. The highest BCUT2D eigenvalue weighted by Gasteiger charge is 2.23. The third kappa shape index (κ3) is 5.28. The van der Waals surface area contributed by atoms with Crippen LogP contribution in [0.4, 0.5) is 0 Å². The number of methoxy groups -OCH3 is 2. The molecule has 0 unspecified atom stereocenters. The summed E-state index contributed by atoms with van der Waals surface area (Å²) in [5.41, 5.74) is 2.13. The van der Waals surface area contributed by atoms with Gasteiger partial charge >= 0.3 is 11.9 Å². The van der Waals surface area contributed by atoms with Crippen LogP contribution in [0, 0.1) is 13.8 Å². The van der Waals surface area contributed by atoms with Crippen LogP contribution >= 0.6 is 0 Å². The van der Waals surface area contributed by atoms with Crippen LogP contribution in [0.5, 0.6) is 11.5 Å². The van der Waals surface area contributed by atoms with E-state index in [0.29, 0.717) is 33.9 Å². The number of esters is 2. The fourth-order valence-corrected chi connectivity index (χ4v) is 2.92. The smallest absolute Gasteiger partial charge is 0.340 e. The number of aromatic nitrogens is 1. The van der Waals surface area contributed by atoms with Gasteiger partial charge in [0, 0.05) is 17.3 Å². The van der Waals surface area contributed by atoms with Crippen molar-refractivity contribution in [3.63, 3.8) is 0 Å². The van der Waals surface area contributed by atoms with E-state index < -0.39 is 24.3 Å². The van der Waals surface area contributed by atoms with Crippen molar-refractivity contribution in [1.82, 2.24) is 4.98 Å². The van der Waals surface area contributed by atoms with Crippen LogP contribution in [0.2, 0.25) is 0 Å². The van der Waals surface area contributed by atoms with E-state index in [9.17, 15) is 14.4 Å². The number of Topliss-reactive ketones (excluding diaryl/α,β-unsaturated/α-hetero) is 1. The summed E-state index contributed by atoms with van der Waals surface area (Å²) in [4.78, 5) is 39.4. The van der Waals surface area contributed by atoms with E-state index in [4.69, 9.17) is 18.9 Å². The van der Waals surface area contributed by atoms with E-state index in [1.165, 1.54) is 26.4 Å². The zero-order valence-corrected chi connectivity index (χ0v) is 17.7. The van der Waals surface area contributed by atoms with E-state index in [2.05, 4.69) is 4.98 Å². The van der Waals surface area contributed by atoms with Crippen molar-refractivity contribution >= 4 is 23.8 Å². The van der Waals surface area contributed by atoms with Gasteiger partial charge in [-0.3, -0.25) is 4.79 Å². The summed E-state index contributed by atoms with van der Waals surface area (Å²) in [7, 11) is 3.05. The van der Waals surface area contributed by atoms with Crippen molar-refractivity contribution in [3.8, 4) is 11.5 Å². The van der Waals surface area contributed by atoms with Crippen LogP contribution in [0.1, 0.15) is 44.6 Å². The molecule has 1 aromatic carbocycles. The first kappa shape index (κ1) is 22.7. The lowest BCUT2D eigenvalue weighted by atomic mass is 10.1. The SMILES string of the molecule is CCOC(=O)c1c(C)[nH]c(C(=O)COC(=O)/C=C/c2cc(OC)ccc2OC)c1C. The summed E-state index contributed by atoms with van der Waals surface area (Å²) in [6.45, 7) is 4.77. The maximum Gasteiger partial charge on any atom is 0.340 e. The summed E-state index contributed by atoms with van der Waals surface area (Å²) in [5, 5.41) is 0. The van der Waals surface area contributed by atoms with Gasteiger partial charge in [-0.25, -0.2) is 9.59 Å². The number of H-pyrrole nitrogens is 1. The van der Waals surface area contributed by atoms with Crippen LogP contribution in [-0.4, -0.2) is 50.1 Å². The molecule has 0 fully saturated rings. The van der Waals surface area contributed by atoms with Gasteiger partial charge < -0.3 is 23.9 Å². The molecule has 0 aliphatic carbocycles. The van der Waals surface area contributed by atoms with Gasteiger partial charge in [0.25, 0.3) is 0 Å². The highest BCUT2D eigenvalue weighted by atomic mass is 16.5. The number of ether oxygens (including phenoxy) is 4. The Morgan fingerprint density at radius 1 is 1.07 bits per heavy atom. The highest BCUT2D eigenvalue weighted by molar-refractivity contribution is 6.03. The van der Waals surface area contributed by atoms with E-state index in [0.717, 1.165) is 0 Å². The number of aromatic amines is 1. The first-order valence-electron chi connectivity index (χ1n) is 9.28. The first-order chi connectivity index (χ1) is 14.3. The maximum atomic E-state index is 12.5. The summed E-state index contributed by atoms with van der Waals surface area (Å²) in [6, 6.07) is 5.15. The maximum absolute atomic E-state index is 12.5. The van der Waals surface area contributed by atoms with Gasteiger partial charge in [0.1, 0.15) is 11.5 Å². The third-order valence-electron chi connectivity index (χ3n) is 4.38. The summed E-state index contributed by atoms with van der Waals surface area (Å²) in [5.74, 6) is -0.490. The molecule has 160 valence electrons. The topological polar surface area (TPSA) is 104 Å². The molecule has 0 amide bonds. The molecule has 0 aliphatic heterocycles. The minimum Gasteiger partial charge on any atom is -0.497 e. The second-order valence-corrected chi connectivity index (χ2v) is 6.32. The van der Waals surface area contributed by atoms with Gasteiger partial charge in [-0.1, -0.05) is 0 Å². The monoisotopic (exact) mass is 415 g/mol. The Balaban J connectivity index is 2.05. The van der Waals surface area contributed by atoms with Gasteiger partial charge in [-0.05, 0) is 50.6 Å². The van der Waals surface area contributed by atoms with Gasteiger partial charge in [0.15, 0.2) is 6.61 Å². The Bertz CT molecular complexity index is 972. The number of nitrogens with one attached hydrogen (secondary N) is 1. The number of carbonyl (C=O) groups excluding carboxylic acids is 3. The van der Waals surface area contributed by atoms with Crippen molar-refractivity contribution in [3.05, 3.63) is 52.4 Å². The van der Waals surface area contributed by atoms with E-state index >= 15 is 0 Å². The minimum absolute atomic E-state index is 0.210. The van der Waals surface area contributed by atoms with E-state index in [1.54, 1.807) is 39.0 Å². The van der Waals surface area contributed by atoms with Crippen molar-refractivity contribution < 1.29 is 33.3 Å². The highest BCUT2D eigenvalue weighted by Crippen LogP contribution is 2.25. The molecule has 0 atom stereocenters. The quantitative estimate of drug-likeness (QED) is 0.381. The van der Waals surface area contributed by atoms with Crippen LogP contribution < -0.4 is 9.47 Å². The first-order valence-corrected chi connectivity index (χ1v) is 9.28. The number of ketones is 1. The fourth-order valence-electron chi connectivity index (χ4n) is 2.92. The van der Waals surface area contributed by atoms with E-state index in [-0.39, 0.29) is 12.3 Å². The Morgan fingerprint density at radius 3 is 2.43 bits per heavy atom. The van der Waals surface area contributed by atoms with Crippen LogP contribution in [0.3, 0.4) is 0 Å². The molecule has 1 N–H and O–H groups in total. The molecule has 0 saturated heterocycles. The number of benzene rings is 1. The second kappa shape index (κ2) is 10.3. The molecule has 1 heterocycles. The zero-order chi connectivity index (χ0) is 22.3. The normalized spacial score (nSPS) is 10.7. The molecule has 2 aromatic rings. The van der Waals surface area contributed by atoms with Crippen LogP contribution in [-0.2, 0) is 14.3 Å². The van der Waals surface area contributed by atoms with Crippen LogP contribution in [0.25, 0.3) is 6.08 Å². The van der Waals surface area contributed by atoms with Crippen molar-refractivity contribution in [2.75, 3.05) is 27.4 Å². The molecule has 8 heteroatoms. The summed E-state index contributed by atoms with van der Waals surface area (Å²) in [6.07, 6.45) is 2.71. The molecule has 0 spiro atoms. The Kier molecular flexibility index (Phi) is 7.80. The number of hydrogen-bond acceptors (Lipinski definition) is 7. The summed E-state index contributed by atoms with van der Waals surface area (Å²) >= 11 is 0. The van der Waals surface area contributed by atoms with Gasteiger partial charge in [0.2, 0.25) is 5.78 Å². The second-order valence-electron chi connectivity index (χ2n) is 6.32. The van der Waals surface area contributed by atoms with E-state index in [1.807, 2.05) is 0 Å². The number of carbonyl (C=O) groups is 3. The molecule has 0 bridgehead atoms. The molecule has 0 saturated carbocycles. The lowest BCUT2D eigenvalue weighted by Crippen LogP contribution is -2.14. The van der Waals surface area contributed by atoms with Gasteiger partial charge in [0.05, 0.1) is 32.1 Å². The van der Waals surface area contributed by atoms with Gasteiger partial charge in [-0.2, -0.15) is 0 Å². The van der Waals surface area contributed by atoms with Crippen molar-refractivity contribution in [1.29, 1.82) is 0 Å². The molecule has 1 aromatic heterocycles. The standard InChI is InChI=1S/C22H25NO7/c1-6-29-22(26)20-13(2)21(23-14(20)3)17(24)12-30-19(25)10-7-15-11-16(27-4)8-9-18(15)28-5/h7-11,23H,6,12H2,1-5H3/b10-7+. The van der Waals surface area contributed by atoms with Crippen molar-refractivity contribution in [2.45, 2.75) is 20.8 Å². The number of hydrogen-bond donors (Lipinski definition) is 1. The molecule has 8 nitrogen and oxygen atoms in total.